The molecule has 0 aromatic carbocycles. The van der Waals surface area contributed by atoms with E-state index >= 15 is 0 Å². The van der Waals surface area contributed by atoms with Gasteiger partial charge in [-0.2, -0.15) is 0 Å². The van der Waals surface area contributed by atoms with E-state index in [0.29, 0.717) is 0 Å². The van der Waals surface area contributed by atoms with Crippen LogP contribution in [0, 0.1) is 5.92 Å². The number of carbonyl (C=O) groups excluding carboxylic acids is 4. The zero-order valence-corrected chi connectivity index (χ0v) is 20.3. The van der Waals surface area contributed by atoms with Gasteiger partial charge in [-0.25, -0.2) is 9.59 Å². The van der Waals surface area contributed by atoms with Crippen molar-refractivity contribution in [3.05, 3.63) is 0 Å². The fraction of sp³-hybridized carbons (Fsp3) is 0.810. The van der Waals surface area contributed by atoms with E-state index in [1.807, 2.05) is 0 Å². The van der Waals surface area contributed by atoms with Crippen LogP contribution in [-0.2, 0) is 28.6 Å². The zero-order valence-electron chi connectivity index (χ0n) is 20.3. The average molecular weight is 460 g/mol. The molecular formula is C21H37N3O8. The predicted octanol–water partition coefficient (Wildman–Crippen LogP) is 0.538. The molecule has 0 unspecified atom stereocenters. The second-order valence-corrected chi connectivity index (χ2v) is 9.60. The molecule has 1 fully saturated rings. The Kier molecular flexibility index (Phi) is 9.05. The number of ether oxygens (including phenoxy) is 3. The van der Waals surface area contributed by atoms with E-state index in [-0.39, 0.29) is 12.5 Å². The highest BCUT2D eigenvalue weighted by Crippen LogP contribution is 2.29. The number of methoxy groups -OCH3 is 1. The SMILES string of the molecule is COC(=O)[C@@H](NC(=O)[C@@H](NC(=O)[C@@H]1COC(C)(C)N1C(=O)OC(C)(C)C)C(C)C)[C@@H](C)O. The summed E-state index contributed by atoms with van der Waals surface area (Å²) >= 11 is 0. The fourth-order valence-electron chi connectivity index (χ4n) is 3.18. The molecule has 3 amide bonds. The van der Waals surface area contributed by atoms with Gasteiger partial charge in [-0.1, -0.05) is 13.8 Å². The van der Waals surface area contributed by atoms with Crippen molar-refractivity contribution in [1.29, 1.82) is 0 Å². The number of amides is 3. The highest BCUT2D eigenvalue weighted by molar-refractivity contribution is 5.93. The molecule has 11 nitrogen and oxygen atoms in total. The Hall–Kier alpha value is -2.40. The van der Waals surface area contributed by atoms with Crippen molar-refractivity contribution >= 4 is 23.9 Å². The van der Waals surface area contributed by atoms with Gasteiger partial charge in [-0.15, -0.1) is 0 Å². The van der Waals surface area contributed by atoms with Crippen molar-refractivity contribution in [3.8, 4) is 0 Å². The summed E-state index contributed by atoms with van der Waals surface area (Å²) in [5, 5.41) is 14.8. The van der Waals surface area contributed by atoms with Crippen molar-refractivity contribution in [2.75, 3.05) is 13.7 Å². The molecule has 4 atom stereocenters. The molecule has 1 aliphatic rings. The van der Waals surface area contributed by atoms with Crippen LogP contribution >= 0.6 is 0 Å². The number of aliphatic hydroxyl groups is 1. The third-order valence-corrected chi connectivity index (χ3v) is 4.86. The standard InChI is InChI=1S/C21H37N3O8/c1-11(2)14(17(27)23-15(12(3)25)18(28)30-9)22-16(26)13-10-31-21(7,8)24(13)19(29)32-20(4,5)6/h11-15,25H,10H2,1-9H3,(H,22,26)(H,23,27)/t12-,13+,14+,15+/m1/s1. The first-order valence-corrected chi connectivity index (χ1v) is 10.5. The smallest absolute Gasteiger partial charge is 0.413 e. The first-order valence-electron chi connectivity index (χ1n) is 10.5. The van der Waals surface area contributed by atoms with Crippen molar-refractivity contribution in [1.82, 2.24) is 15.5 Å². The molecule has 0 radical (unpaired) electrons. The van der Waals surface area contributed by atoms with Gasteiger partial charge in [0.2, 0.25) is 11.8 Å². The summed E-state index contributed by atoms with van der Waals surface area (Å²) in [4.78, 5) is 51.7. The van der Waals surface area contributed by atoms with Gasteiger partial charge < -0.3 is 30.0 Å². The molecule has 0 aliphatic carbocycles. The van der Waals surface area contributed by atoms with E-state index in [9.17, 15) is 24.3 Å². The summed E-state index contributed by atoms with van der Waals surface area (Å²) in [5.41, 5.74) is -1.87. The number of aliphatic hydroxyl groups excluding tert-OH is 1. The van der Waals surface area contributed by atoms with Gasteiger partial charge in [0.15, 0.2) is 6.04 Å². The van der Waals surface area contributed by atoms with E-state index in [1.165, 1.54) is 11.8 Å². The molecule has 1 rings (SSSR count). The summed E-state index contributed by atoms with van der Waals surface area (Å²) in [7, 11) is 1.14. The minimum atomic E-state index is -1.29. The van der Waals surface area contributed by atoms with Gasteiger partial charge >= 0.3 is 12.1 Å². The highest BCUT2D eigenvalue weighted by Gasteiger charge is 2.49. The van der Waals surface area contributed by atoms with Crippen LogP contribution in [0.5, 0.6) is 0 Å². The normalized spacial score (nSPS) is 20.8. The molecule has 184 valence electrons. The monoisotopic (exact) mass is 459 g/mol. The third kappa shape index (κ3) is 7.06. The zero-order chi connectivity index (χ0) is 25.0. The minimum absolute atomic E-state index is 0.0804. The maximum absolute atomic E-state index is 13.1. The number of hydrogen-bond donors (Lipinski definition) is 3. The Morgan fingerprint density at radius 1 is 1.09 bits per heavy atom. The van der Waals surface area contributed by atoms with Crippen LogP contribution in [-0.4, -0.2) is 83.2 Å². The van der Waals surface area contributed by atoms with Crippen molar-refractivity contribution in [2.45, 2.75) is 90.9 Å². The van der Waals surface area contributed by atoms with E-state index in [1.54, 1.807) is 48.5 Å². The lowest BCUT2D eigenvalue weighted by atomic mass is 10.0. The number of esters is 1. The molecule has 0 aromatic heterocycles. The van der Waals surface area contributed by atoms with Gasteiger partial charge in [0.1, 0.15) is 23.4 Å². The van der Waals surface area contributed by atoms with Crippen LogP contribution in [0.25, 0.3) is 0 Å². The summed E-state index contributed by atoms with van der Waals surface area (Å²) in [6.07, 6.45) is -1.92. The van der Waals surface area contributed by atoms with E-state index in [0.717, 1.165) is 7.11 Å². The molecular weight excluding hydrogens is 422 g/mol. The van der Waals surface area contributed by atoms with Crippen molar-refractivity contribution < 1.29 is 38.5 Å². The van der Waals surface area contributed by atoms with E-state index in [4.69, 9.17) is 9.47 Å². The molecule has 1 aliphatic heterocycles. The lowest BCUT2D eigenvalue weighted by Gasteiger charge is -2.35. The van der Waals surface area contributed by atoms with Crippen LogP contribution in [0.4, 0.5) is 4.79 Å². The molecule has 11 heteroatoms. The summed E-state index contributed by atoms with van der Waals surface area (Å²) < 4.78 is 15.7. The quantitative estimate of drug-likeness (QED) is 0.468. The van der Waals surface area contributed by atoms with Crippen LogP contribution in [0.3, 0.4) is 0 Å². The topological polar surface area (TPSA) is 144 Å². The Balaban J connectivity index is 3.04. The first-order chi connectivity index (χ1) is 14.5. The second kappa shape index (κ2) is 10.5. The molecule has 3 N–H and O–H groups in total. The van der Waals surface area contributed by atoms with Gasteiger partial charge in [0, 0.05) is 0 Å². The second-order valence-electron chi connectivity index (χ2n) is 9.60. The van der Waals surface area contributed by atoms with Crippen LogP contribution < -0.4 is 10.6 Å². The van der Waals surface area contributed by atoms with Gasteiger partial charge in [-0.3, -0.25) is 14.5 Å². The molecule has 32 heavy (non-hydrogen) atoms. The van der Waals surface area contributed by atoms with Crippen molar-refractivity contribution in [3.63, 3.8) is 0 Å². The molecule has 1 heterocycles. The molecule has 0 aromatic rings. The van der Waals surface area contributed by atoms with Crippen LogP contribution in [0.2, 0.25) is 0 Å². The Bertz CT molecular complexity index is 714. The fourth-order valence-corrected chi connectivity index (χ4v) is 3.18. The molecule has 0 spiro atoms. The molecule has 0 saturated carbocycles. The Labute approximate surface area is 189 Å². The number of nitrogens with one attached hydrogen (secondary N) is 2. The predicted molar refractivity (Wildman–Crippen MR) is 114 cm³/mol. The Morgan fingerprint density at radius 2 is 1.66 bits per heavy atom. The van der Waals surface area contributed by atoms with Gasteiger partial charge in [-0.05, 0) is 47.5 Å². The van der Waals surface area contributed by atoms with Crippen LogP contribution in [0.1, 0.15) is 55.4 Å². The summed E-state index contributed by atoms with van der Waals surface area (Å²) in [6.45, 7) is 13.1. The average Bonchev–Trinajstić information content (AvgIpc) is 2.96. The largest absolute Gasteiger partial charge is 0.467 e. The van der Waals surface area contributed by atoms with E-state index < -0.39 is 59.4 Å². The lowest BCUT2D eigenvalue weighted by Crippen LogP contribution is -2.60. The molecule has 0 bridgehead atoms. The first kappa shape index (κ1) is 27.6. The number of nitrogens with zero attached hydrogens (tertiary/aromatic N) is 1. The summed E-state index contributed by atoms with van der Waals surface area (Å²) in [5.74, 6) is -2.46. The third-order valence-electron chi connectivity index (χ3n) is 4.86. The maximum Gasteiger partial charge on any atom is 0.413 e. The number of carbonyl (C=O) groups is 4. The maximum atomic E-state index is 13.1. The lowest BCUT2D eigenvalue weighted by molar-refractivity contribution is -0.148. The molecule has 1 saturated heterocycles. The Morgan fingerprint density at radius 3 is 2.09 bits per heavy atom. The van der Waals surface area contributed by atoms with Gasteiger partial charge in [0.05, 0.1) is 19.8 Å². The number of rotatable bonds is 7. The summed E-state index contributed by atoms with van der Waals surface area (Å²) in [6, 6.07) is -3.36. The minimum Gasteiger partial charge on any atom is -0.467 e. The highest BCUT2D eigenvalue weighted by atomic mass is 16.6. The van der Waals surface area contributed by atoms with Gasteiger partial charge in [0.25, 0.3) is 0 Å². The van der Waals surface area contributed by atoms with Crippen LogP contribution in [0.15, 0.2) is 0 Å². The van der Waals surface area contributed by atoms with Crippen molar-refractivity contribution in [2.24, 2.45) is 5.92 Å². The number of hydrogen-bond acceptors (Lipinski definition) is 8. The van der Waals surface area contributed by atoms with E-state index in [2.05, 4.69) is 15.4 Å².